The van der Waals surface area contributed by atoms with Crippen molar-refractivity contribution in [2.45, 2.75) is 11.8 Å². The molecule has 0 aliphatic carbocycles. The molecule has 0 aliphatic heterocycles. The molecule has 5 nitrogen and oxygen atoms in total. The largest absolute Gasteiger partial charge is 0.370 e. The first-order valence-electron chi connectivity index (χ1n) is 6.10. The molecule has 1 heterocycles. The predicted molar refractivity (Wildman–Crippen MR) is 80.6 cm³/mol. The Labute approximate surface area is 127 Å². The van der Waals surface area contributed by atoms with Crippen molar-refractivity contribution in [3.05, 3.63) is 47.4 Å². The van der Waals surface area contributed by atoms with E-state index in [2.05, 4.69) is 15.0 Å². The van der Waals surface area contributed by atoms with Crippen molar-refractivity contribution in [1.29, 1.82) is 0 Å². The lowest BCUT2D eigenvalue weighted by atomic mass is 10.3. The Morgan fingerprint density at radius 1 is 1.29 bits per heavy atom. The van der Waals surface area contributed by atoms with Gasteiger partial charge in [-0.1, -0.05) is 11.6 Å². The van der Waals surface area contributed by atoms with Crippen molar-refractivity contribution in [2.75, 3.05) is 16.6 Å². The van der Waals surface area contributed by atoms with Crippen LogP contribution in [-0.4, -0.2) is 19.9 Å². The Morgan fingerprint density at radius 3 is 2.62 bits per heavy atom. The highest BCUT2D eigenvalue weighted by Gasteiger charge is 2.16. The van der Waals surface area contributed by atoms with Gasteiger partial charge in [-0.15, -0.1) is 0 Å². The summed E-state index contributed by atoms with van der Waals surface area (Å²) in [5.74, 6) is -0.183. The molecule has 1 aromatic carbocycles. The van der Waals surface area contributed by atoms with E-state index < -0.39 is 15.8 Å². The van der Waals surface area contributed by atoms with Crippen LogP contribution < -0.4 is 10.0 Å². The van der Waals surface area contributed by atoms with Gasteiger partial charge in [0.25, 0.3) is 10.0 Å². The van der Waals surface area contributed by atoms with E-state index in [1.807, 2.05) is 6.92 Å². The summed E-state index contributed by atoms with van der Waals surface area (Å²) in [6, 6.07) is 6.62. The van der Waals surface area contributed by atoms with E-state index in [0.29, 0.717) is 12.4 Å². The van der Waals surface area contributed by atoms with Crippen molar-refractivity contribution < 1.29 is 12.8 Å². The zero-order chi connectivity index (χ0) is 15.5. The minimum Gasteiger partial charge on any atom is -0.370 e. The number of anilines is 2. The van der Waals surface area contributed by atoms with Gasteiger partial charge in [-0.05, 0) is 37.3 Å². The number of hydrogen-bond donors (Lipinski definition) is 2. The fourth-order valence-electron chi connectivity index (χ4n) is 1.60. The Balaban J connectivity index is 2.25. The Hall–Kier alpha value is -1.86. The Kier molecular flexibility index (Phi) is 4.64. The summed E-state index contributed by atoms with van der Waals surface area (Å²) in [4.78, 5) is 3.91. The molecule has 2 rings (SSSR count). The Morgan fingerprint density at radius 2 is 2.05 bits per heavy atom. The van der Waals surface area contributed by atoms with E-state index >= 15 is 0 Å². The van der Waals surface area contributed by atoms with E-state index in [4.69, 9.17) is 11.6 Å². The van der Waals surface area contributed by atoms with Crippen LogP contribution in [0.3, 0.4) is 0 Å². The van der Waals surface area contributed by atoms with E-state index in [9.17, 15) is 12.8 Å². The summed E-state index contributed by atoms with van der Waals surface area (Å²) in [7, 11) is -3.90. The van der Waals surface area contributed by atoms with Crippen LogP contribution in [0.2, 0.25) is 5.02 Å². The average molecular weight is 330 g/mol. The zero-order valence-electron chi connectivity index (χ0n) is 11.1. The van der Waals surface area contributed by atoms with Gasteiger partial charge in [0.2, 0.25) is 0 Å². The second kappa shape index (κ2) is 6.28. The van der Waals surface area contributed by atoms with Crippen LogP contribution in [0.25, 0.3) is 0 Å². The van der Waals surface area contributed by atoms with Crippen LogP contribution in [0, 0.1) is 5.82 Å². The summed E-state index contributed by atoms with van der Waals surface area (Å²) >= 11 is 5.62. The van der Waals surface area contributed by atoms with Crippen LogP contribution in [0.1, 0.15) is 6.92 Å². The average Bonchev–Trinajstić information content (AvgIpc) is 2.43. The number of nitrogens with one attached hydrogen (secondary N) is 2. The fraction of sp³-hybridized carbons (Fsp3) is 0.154. The molecular weight excluding hydrogens is 317 g/mol. The van der Waals surface area contributed by atoms with Gasteiger partial charge in [0, 0.05) is 17.8 Å². The van der Waals surface area contributed by atoms with Crippen molar-refractivity contribution in [3.63, 3.8) is 0 Å². The first-order valence-corrected chi connectivity index (χ1v) is 7.96. The molecule has 0 amide bonds. The van der Waals surface area contributed by atoms with Gasteiger partial charge in [-0.2, -0.15) is 0 Å². The third-order valence-electron chi connectivity index (χ3n) is 2.58. The molecule has 0 unspecified atom stereocenters. The van der Waals surface area contributed by atoms with E-state index in [1.54, 1.807) is 0 Å². The van der Waals surface area contributed by atoms with E-state index in [-0.39, 0.29) is 15.6 Å². The molecule has 0 saturated carbocycles. The summed E-state index contributed by atoms with van der Waals surface area (Å²) < 4.78 is 40.1. The molecule has 0 spiro atoms. The molecule has 0 radical (unpaired) electrons. The maximum atomic E-state index is 13.6. The van der Waals surface area contributed by atoms with Gasteiger partial charge in [0.1, 0.15) is 16.5 Å². The van der Waals surface area contributed by atoms with Crippen LogP contribution >= 0.6 is 11.6 Å². The molecule has 0 atom stereocenters. The van der Waals surface area contributed by atoms with Gasteiger partial charge in [0.15, 0.2) is 0 Å². The third-order valence-corrected chi connectivity index (χ3v) is 4.17. The molecule has 1 aromatic heterocycles. The quantitative estimate of drug-likeness (QED) is 0.884. The highest BCUT2D eigenvalue weighted by Crippen LogP contribution is 2.22. The van der Waals surface area contributed by atoms with Crippen molar-refractivity contribution in [3.8, 4) is 0 Å². The summed E-state index contributed by atoms with van der Waals surface area (Å²) in [5.41, 5.74) is -0.171. The van der Waals surface area contributed by atoms with E-state index in [0.717, 1.165) is 6.07 Å². The molecule has 0 aliphatic rings. The van der Waals surface area contributed by atoms with Gasteiger partial charge in [-0.25, -0.2) is 17.8 Å². The summed E-state index contributed by atoms with van der Waals surface area (Å²) in [6.45, 7) is 2.57. The van der Waals surface area contributed by atoms with Gasteiger partial charge >= 0.3 is 0 Å². The second-order valence-electron chi connectivity index (χ2n) is 4.14. The highest BCUT2D eigenvalue weighted by molar-refractivity contribution is 7.92. The number of benzene rings is 1. The molecule has 0 fully saturated rings. The molecule has 0 bridgehead atoms. The number of nitrogens with zero attached hydrogens (tertiary/aromatic N) is 1. The maximum Gasteiger partial charge on any atom is 0.263 e. The van der Waals surface area contributed by atoms with Crippen molar-refractivity contribution in [2.24, 2.45) is 0 Å². The SMILES string of the molecule is CCNc1ccc(S(=O)(=O)Nc2ccc(Cl)cc2F)cn1. The molecular formula is C13H13ClFN3O2S. The smallest absolute Gasteiger partial charge is 0.263 e. The summed E-state index contributed by atoms with van der Waals surface area (Å²) in [6.07, 6.45) is 1.20. The van der Waals surface area contributed by atoms with Gasteiger partial charge in [0.05, 0.1) is 5.69 Å². The molecule has 112 valence electrons. The van der Waals surface area contributed by atoms with Gasteiger partial charge in [-0.3, -0.25) is 4.72 Å². The monoisotopic (exact) mass is 329 g/mol. The Bertz CT molecular complexity index is 736. The minimum absolute atomic E-state index is 0.0569. The number of aromatic nitrogens is 1. The first kappa shape index (κ1) is 15.5. The van der Waals surface area contributed by atoms with E-state index in [1.165, 1.54) is 30.5 Å². The maximum absolute atomic E-state index is 13.6. The lowest BCUT2D eigenvalue weighted by Gasteiger charge is -2.09. The van der Waals surface area contributed by atoms with Gasteiger partial charge < -0.3 is 5.32 Å². The lowest BCUT2D eigenvalue weighted by Crippen LogP contribution is -2.14. The molecule has 21 heavy (non-hydrogen) atoms. The predicted octanol–water partition coefficient (Wildman–Crippen LogP) is 3.11. The molecule has 2 N–H and O–H groups in total. The van der Waals surface area contributed by atoms with Crippen LogP contribution in [0.15, 0.2) is 41.4 Å². The van der Waals surface area contributed by atoms with Crippen LogP contribution in [0.4, 0.5) is 15.9 Å². The topological polar surface area (TPSA) is 71.1 Å². The number of hydrogen-bond acceptors (Lipinski definition) is 4. The number of halogens is 2. The number of sulfonamides is 1. The number of pyridine rings is 1. The second-order valence-corrected chi connectivity index (χ2v) is 6.26. The first-order chi connectivity index (χ1) is 9.92. The minimum atomic E-state index is -3.90. The van der Waals surface area contributed by atoms with Crippen LogP contribution in [0.5, 0.6) is 0 Å². The third kappa shape index (κ3) is 3.83. The number of rotatable bonds is 5. The van der Waals surface area contributed by atoms with Crippen LogP contribution in [-0.2, 0) is 10.0 Å². The molecule has 0 saturated heterocycles. The molecule has 2 aromatic rings. The highest BCUT2D eigenvalue weighted by atomic mass is 35.5. The summed E-state index contributed by atoms with van der Waals surface area (Å²) in [5, 5.41) is 3.14. The fourth-order valence-corrected chi connectivity index (χ4v) is 2.77. The normalized spacial score (nSPS) is 11.2. The lowest BCUT2D eigenvalue weighted by molar-refractivity contribution is 0.598. The van der Waals surface area contributed by atoms with Crippen molar-refractivity contribution in [1.82, 2.24) is 4.98 Å². The molecule has 8 heteroatoms. The standard InChI is InChI=1S/C13H13ClFN3O2S/c1-2-16-13-6-4-10(8-17-13)21(19,20)18-12-5-3-9(14)7-11(12)15/h3-8,18H,2H2,1H3,(H,16,17). The zero-order valence-corrected chi connectivity index (χ0v) is 12.7. The van der Waals surface area contributed by atoms with Crippen molar-refractivity contribution >= 4 is 33.1 Å².